The second-order valence-corrected chi connectivity index (χ2v) is 8.73. The van der Waals surface area contributed by atoms with E-state index in [-0.39, 0.29) is 6.04 Å². The van der Waals surface area contributed by atoms with Crippen molar-refractivity contribution in [1.29, 1.82) is 0 Å². The molecule has 5 rings (SSSR count). The highest BCUT2D eigenvalue weighted by molar-refractivity contribution is 7.08. The van der Waals surface area contributed by atoms with Crippen molar-refractivity contribution in [3.8, 4) is 17.3 Å². The van der Waals surface area contributed by atoms with E-state index in [4.69, 9.17) is 14.6 Å². The molecule has 1 aliphatic carbocycles. The van der Waals surface area contributed by atoms with Gasteiger partial charge >= 0.3 is 0 Å². The van der Waals surface area contributed by atoms with Gasteiger partial charge in [-0.15, -0.1) is 0 Å². The number of aromatic amines is 1. The SMILES string of the molecule is C1=CC(c2ccc(OC3CCCCC3)nc2)NC=C1c1nc(-c2ccsc2)n[nH]1.CC(=O)O. The molecule has 8 nitrogen and oxygen atoms in total. The minimum atomic E-state index is -0.833. The number of nitrogens with one attached hydrogen (secondary N) is 2. The molecule has 0 saturated heterocycles. The summed E-state index contributed by atoms with van der Waals surface area (Å²) >= 11 is 1.64. The topological polar surface area (TPSA) is 113 Å². The fourth-order valence-corrected chi connectivity index (χ4v) is 4.38. The Morgan fingerprint density at radius 2 is 2.03 bits per heavy atom. The number of rotatable bonds is 5. The van der Waals surface area contributed by atoms with E-state index >= 15 is 0 Å². The van der Waals surface area contributed by atoms with Crippen LogP contribution in [0.1, 0.15) is 56.5 Å². The van der Waals surface area contributed by atoms with E-state index in [0.717, 1.165) is 54.0 Å². The molecule has 0 spiro atoms. The maximum atomic E-state index is 9.00. The van der Waals surface area contributed by atoms with Crippen molar-refractivity contribution in [1.82, 2.24) is 25.5 Å². The monoisotopic (exact) mass is 465 g/mol. The number of thiophene rings is 1. The number of hydrogen-bond donors (Lipinski definition) is 3. The number of pyridine rings is 1. The van der Waals surface area contributed by atoms with E-state index in [9.17, 15) is 0 Å². The van der Waals surface area contributed by atoms with Gasteiger partial charge in [0.05, 0.1) is 6.04 Å². The summed E-state index contributed by atoms with van der Waals surface area (Å²) in [5.41, 5.74) is 3.11. The van der Waals surface area contributed by atoms with E-state index < -0.39 is 5.97 Å². The third-order valence-corrected chi connectivity index (χ3v) is 6.07. The summed E-state index contributed by atoms with van der Waals surface area (Å²) in [4.78, 5) is 18.1. The van der Waals surface area contributed by atoms with Crippen LogP contribution < -0.4 is 10.1 Å². The van der Waals surface area contributed by atoms with Crippen LogP contribution >= 0.6 is 11.3 Å². The lowest BCUT2D eigenvalue weighted by Crippen LogP contribution is -2.20. The minimum absolute atomic E-state index is 0.0780. The Balaban J connectivity index is 0.000000601. The van der Waals surface area contributed by atoms with Crippen molar-refractivity contribution in [2.45, 2.75) is 51.2 Å². The number of carbonyl (C=O) groups is 1. The van der Waals surface area contributed by atoms with Crippen LogP contribution in [0.2, 0.25) is 0 Å². The van der Waals surface area contributed by atoms with Crippen LogP contribution in [0.3, 0.4) is 0 Å². The number of carboxylic acids is 1. The van der Waals surface area contributed by atoms with Gasteiger partial charge < -0.3 is 15.2 Å². The van der Waals surface area contributed by atoms with Gasteiger partial charge in [0.25, 0.3) is 5.97 Å². The lowest BCUT2D eigenvalue weighted by Gasteiger charge is -2.23. The first-order chi connectivity index (χ1) is 16.1. The highest BCUT2D eigenvalue weighted by atomic mass is 32.1. The maximum absolute atomic E-state index is 9.00. The summed E-state index contributed by atoms with van der Waals surface area (Å²) in [6.07, 6.45) is 14.5. The zero-order chi connectivity index (χ0) is 23.0. The van der Waals surface area contributed by atoms with Gasteiger partial charge in [-0.05, 0) is 48.8 Å². The number of hydrogen-bond acceptors (Lipinski definition) is 7. The van der Waals surface area contributed by atoms with E-state index in [0.29, 0.717) is 6.10 Å². The average molecular weight is 466 g/mol. The van der Waals surface area contributed by atoms with Gasteiger partial charge in [0, 0.05) is 41.9 Å². The second-order valence-electron chi connectivity index (χ2n) is 7.95. The normalized spacial score (nSPS) is 18.0. The number of allylic oxidation sites excluding steroid dienone is 2. The predicted molar refractivity (Wildman–Crippen MR) is 128 cm³/mol. The molecular formula is C24H27N5O3S. The molecule has 33 heavy (non-hydrogen) atoms. The molecule has 0 amide bonds. The summed E-state index contributed by atoms with van der Waals surface area (Å²) in [7, 11) is 0. The molecule has 1 fully saturated rings. The Bertz CT molecular complexity index is 1100. The van der Waals surface area contributed by atoms with Crippen molar-refractivity contribution < 1.29 is 14.6 Å². The van der Waals surface area contributed by atoms with Crippen LogP contribution in [0.15, 0.2) is 53.5 Å². The van der Waals surface area contributed by atoms with Crippen LogP contribution in [0.5, 0.6) is 5.88 Å². The van der Waals surface area contributed by atoms with Crippen molar-refractivity contribution >= 4 is 22.9 Å². The van der Waals surface area contributed by atoms with Crippen LogP contribution in [0.4, 0.5) is 0 Å². The summed E-state index contributed by atoms with van der Waals surface area (Å²) in [6, 6.07) is 6.15. The molecule has 1 saturated carbocycles. The van der Waals surface area contributed by atoms with E-state index in [1.54, 1.807) is 11.3 Å². The number of ether oxygens (including phenoxy) is 1. The van der Waals surface area contributed by atoms with Crippen molar-refractivity contribution in [2.75, 3.05) is 0 Å². The minimum Gasteiger partial charge on any atom is -0.481 e. The zero-order valence-electron chi connectivity index (χ0n) is 18.4. The van der Waals surface area contributed by atoms with Gasteiger partial charge in [-0.3, -0.25) is 9.89 Å². The highest BCUT2D eigenvalue weighted by Gasteiger charge is 2.17. The molecular weight excluding hydrogens is 438 g/mol. The smallest absolute Gasteiger partial charge is 0.300 e. The first-order valence-corrected chi connectivity index (χ1v) is 11.9. The molecule has 1 aliphatic heterocycles. The summed E-state index contributed by atoms with van der Waals surface area (Å²) in [5, 5.41) is 22.2. The standard InChI is InChI=1S/C22H23N5OS.C2H4O2/c1-2-4-18(5-3-1)28-20-9-7-15(12-24-20)19-8-6-16(13-23-19)21-25-22(27-26-21)17-10-11-29-14-17;1-2(3)4/h6-14,18-19,23H,1-5H2,(H,25,26,27);1H3,(H,3,4). The van der Waals surface area contributed by atoms with Crippen molar-refractivity contribution in [3.05, 3.63) is 64.9 Å². The van der Waals surface area contributed by atoms with Gasteiger partial charge in [0.15, 0.2) is 11.6 Å². The Morgan fingerprint density at radius 3 is 2.67 bits per heavy atom. The molecule has 3 aromatic rings. The number of H-pyrrole nitrogens is 1. The van der Waals surface area contributed by atoms with Gasteiger partial charge in [0.1, 0.15) is 6.10 Å². The zero-order valence-corrected chi connectivity index (χ0v) is 19.2. The quantitative estimate of drug-likeness (QED) is 0.487. The first kappa shape index (κ1) is 22.7. The molecule has 1 unspecified atom stereocenters. The first-order valence-electron chi connectivity index (χ1n) is 11.0. The molecule has 3 N–H and O–H groups in total. The second kappa shape index (κ2) is 10.9. The lowest BCUT2D eigenvalue weighted by molar-refractivity contribution is -0.134. The Labute approximate surface area is 196 Å². The number of nitrogens with zero attached hydrogens (tertiary/aromatic N) is 3. The Kier molecular flexibility index (Phi) is 7.51. The highest BCUT2D eigenvalue weighted by Crippen LogP contribution is 2.26. The Hall–Kier alpha value is -3.46. The maximum Gasteiger partial charge on any atom is 0.300 e. The molecule has 172 valence electrons. The summed E-state index contributed by atoms with van der Waals surface area (Å²) in [6.45, 7) is 1.08. The number of carboxylic acid groups (broad SMARTS) is 1. The van der Waals surface area contributed by atoms with Crippen molar-refractivity contribution in [2.24, 2.45) is 0 Å². The molecule has 0 bridgehead atoms. The van der Waals surface area contributed by atoms with Crippen LogP contribution in [0.25, 0.3) is 17.0 Å². The fraction of sp³-hybridized carbons (Fsp3) is 0.333. The van der Waals surface area contributed by atoms with Gasteiger partial charge in [-0.2, -0.15) is 16.4 Å². The molecule has 3 aromatic heterocycles. The van der Waals surface area contributed by atoms with E-state index in [1.807, 2.05) is 35.3 Å². The van der Waals surface area contributed by atoms with Gasteiger partial charge in [-0.1, -0.05) is 18.6 Å². The van der Waals surface area contributed by atoms with Gasteiger partial charge in [0.2, 0.25) is 5.88 Å². The summed E-state index contributed by atoms with van der Waals surface area (Å²) in [5.74, 6) is 1.36. The van der Waals surface area contributed by atoms with E-state index in [2.05, 4.69) is 43.7 Å². The third kappa shape index (κ3) is 6.29. The van der Waals surface area contributed by atoms with Crippen LogP contribution in [0, 0.1) is 0 Å². The molecule has 2 aliphatic rings. The number of aliphatic carboxylic acids is 1. The predicted octanol–water partition coefficient (Wildman–Crippen LogP) is 4.97. The van der Waals surface area contributed by atoms with E-state index in [1.165, 1.54) is 19.3 Å². The van der Waals surface area contributed by atoms with Gasteiger partial charge in [-0.25, -0.2) is 9.97 Å². The van der Waals surface area contributed by atoms with Crippen LogP contribution in [-0.2, 0) is 4.79 Å². The lowest BCUT2D eigenvalue weighted by atomic mass is 9.98. The third-order valence-electron chi connectivity index (χ3n) is 5.38. The Morgan fingerprint density at radius 1 is 1.21 bits per heavy atom. The fourth-order valence-electron chi connectivity index (χ4n) is 3.75. The summed E-state index contributed by atoms with van der Waals surface area (Å²) < 4.78 is 6.03. The average Bonchev–Trinajstić information content (AvgIpc) is 3.53. The molecule has 0 aromatic carbocycles. The molecule has 4 heterocycles. The molecule has 9 heteroatoms. The molecule has 1 atom stereocenters. The number of aromatic nitrogens is 4. The largest absolute Gasteiger partial charge is 0.481 e. The number of dihydropyridines is 1. The molecule has 0 radical (unpaired) electrons. The van der Waals surface area contributed by atoms with Crippen LogP contribution in [-0.4, -0.2) is 37.3 Å². The van der Waals surface area contributed by atoms with Crippen molar-refractivity contribution in [3.63, 3.8) is 0 Å².